The Bertz CT molecular complexity index is 2660. The zero-order valence-corrected chi connectivity index (χ0v) is 26.6. The third-order valence-corrected chi connectivity index (χ3v) is 11.6. The van der Waals surface area contributed by atoms with Crippen LogP contribution in [-0.4, -0.2) is 0 Å². The summed E-state index contributed by atoms with van der Waals surface area (Å²) < 4.78 is 2.67. The van der Waals surface area contributed by atoms with E-state index in [1.807, 2.05) is 11.3 Å². The summed E-state index contributed by atoms with van der Waals surface area (Å²) in [5, 5.41) is 10.6. The molecule has 0 N–H and O–H groups in total. The summed E-state index contributed by atoms with van der Waals surface area (Å²) in [5.41, 5.74) is 10.7. The Balaban J connectivity index is 1.28. The Kier molecular flexibility index (Phi) is 5.31. The SMILES string of the molecule is CC1(C)c2cc(-c3c4ccccc4c(-c4cccc5sc6ccccc6c45)c4ccccc34)ccc2-c2ccc3ccccc3c21. The summed E-state index contributed by atoms with van der Waals surface area (Å²) in [6.45, 7) is 4.80. The second-order valence-corrected chi connectivity index (χ2v) is 14.3. The molecule has 0 spiro atoms. The third-order valence-electron chi connectivity index (χ3n) is 10.4. The van der Waals surface area contributed by atoms with Gasteiger partial charge in [-0.2, -0.15) is 0 Å². The van der Waals surface area contributed by atoms with E-state index in [9.17, 15) is 0 Å². The van der Waals surface area contributed by atoms with Crippen LogP contribution >= 0.6 is 11.3 Å². The van der Waals surface area contributed by atoms with Crippen LogP contribution in [-0.2, 0) is 5.41 Å². The lowest BCUT2D eigenvalue weighted by atomic mass is 9.79. The summed E-state index contributed by atoms with van der Waals surface area (Å²) in [7, 11) is 0. The first-order valence-corrected chi connectivity index (χ1v) is 16.9. The van der Waals surface area contributed by atoms with Gasteiger partial charge in [0.25, 0.3) is 0 Å². The standard InChI is InChI=1S/C45H30S/c1-45(2)38-26-28(23-24-30(38)35-25-22-27-12-3-4-13-29(27)44(35)45)41-31-14-5-7-16-33(31)42(34-17-8-6-15-32(34)41)37-19-11-21-40-43(37)36-18-9-10-20-39(36)46-40/h3-26H,1-2H3. The fourth-order valence-corrected chi connectivity index (χ4v) is 9.60. The average molecular weight is 603 g/mol. The summed E-state index contributed by atoms with van der Waals surface area (Å²) >= 11 is 1.89. The molecule has 0 nitrogen and oxygen atoms in total. The minimum Gasteiger partial charge on any atom is -0.135 e. The van der Waals surface area contributed by atoms with Crippen LogP contribution in [0.3, 0.4) is 0 Å². The number of rotatable bonds is 2. The highest BCUT2D eigenvalue weighted by Crippen LogP contribution is 2.53. The number of fused-ring (bicyclic) bond motifs is 10. The Morgan fingerprint density at radius 3 is 1.76 bits per heavy atom. The number of hydrogen-bond acceptors (Lipinski definition) is 1. The summed E-state index contributed by atoms with van der Waals surface area (Å²) in [6.07, 6.45) is 0. The second-order valence-electron chi connectivity index (χ2n) is 13.2. The smallest absolute Gasteiger partial charge is 0.0361 e. The van der Waals surface area contributed by atoms with Crippen LogP contribution < -0.4 is 0 Å². The van der Waals surface area contributed by atoms with Gasteiger partial charge in [-0.3, -0.25) is 0 Å². The van der Waals surface area contributed by atoms with Gasteiger partial charge >= 0.3 is 0 Å². The van der Waals surface area contributed by atoms with E-state index >= 15 is 0 Å². The normalized spacial score (nSPS) is 13.6. The first kappa shape index (κ1) is 26.0. The summed E-state index contributed by atoms with van der Waals surface area (Å²) in [5.74, 6) is 0. The summed E-state index contributed by atoms with van der Waals surface area (Å²) in [4.78, 5) is 0. The van der Waals surface area contributed by atoms with Crippen molar-refractivity contribution in [2.45, 2.75) is 19.3 Å². The molecule has 0 aliphatic heterocycles. The van der Waals surface area contributed by atoms with Gasteiger partial charge in [-0.15, -0.1) is 11.3 Å². The molecule has 9 aromatic rings. The van der Waals surface area contributed by atoms with Gasteiger partial charge in [0.2, 0.25) is 0 Å². The van der Waals surface area contributed by atoms with E-state index in [4.69, 9.17) is 0 Å². The van der Waals surface area contributed by atoms with Crippen molar-refractivity contribution in [1.29, 1.82) is 0 Å². The van der Waals surface area contributed by atoms with Gasteiger partial charge in [-0.25, -0.2) is 0 Å². The molecule has 0 unspecified atom stereocenters. The van der Waals surface area contributed by atoms with Gasteiger partial charge < -0.3 is 0 Å². The van der Waals surface area contributed by atoms with Crippen molar-refractivity contribution < 1.29 is 0 Å². The van der Waals surface area contributed by atoms with E-state index in [2.05, 4.69) is 159 Å². The molecule has 8 aromatic carbocycles. The van der Waals surface area contributed by atoms with Gasteiger partial charge in [0.1, 0.15) is 0 Å². The fraction of sp³-hybridized carbons (Fsp3) is 0.0667. The van der Waals surface area contributed by atoms with Crippen molar-refractivity contribution in [2.24, 2.45) is 0 Å². The van der Waals surface area contributed by atoms with Gasteiger partial charge in [0.15, 0.2) is 0 Å². The minimum absolute atomic E-state index is 0.108. The highest BCUT2D eigenvalue weighted by molar-refractivity contribution is 7.25. The Morgan fingerprint density at radius 2 is 1.02 bits per heavy atom. The monoisotopic (exact) mass is 602 g/mol. The van der Waals surface area contributed by atoms with Crippen LogP contribution in [0.5, 0.6) is 0 Å². The molecule has 216 valence electrons. The highest BCUT2D eigenvalue weighted by atomic mass is 32.1. The van der Waals surface area contributed by atoms with Crippen LogP contribution in [0.15, 0.2) is 146 Å². The lowest BCUT2D eigenvalue weighted by molar-refractivity contribution is 0.666. The molecule has 1 aromatic heterocycles. The quantitative estimate of drug-likeness (QED) is 0.173. The van der Waals surface area contributed by atoms with Crippen molar-refractivity contribution >= 4 is 63.8 Å². The van der Waals surface area contributed by atoms with E-state index in [0.29, 0.717) is 0 Å². The van der Waals surface area contributed by atoms with Crippen LogP contribution in [0.1, 0.15) is 25.0 Å². The van der Waals surface area contributed by atoms with E-state index in [-0.39, 0.29) is 5.41 Å². The summed E-state index contributed by atoms with van der Waals surface area (Å²) in [6, 6.07) is 54.5. The van der Waals surface area contributed by atoms with E-state index < -0.39 is 0 Å². The van der Waals surface area contributed by atoms with E-state index in [1.54, 1.807) is 0 Å². The van der Waals surface area contributed by atoms with Crippen LogP contribution in [0.25, 0.3) is 85.9 Å². The maximum atomic E-state index is 2.49. The maximum absolute atomic E-state index is 2.49. The predicted molar refractivity (Wildman–Crippen MR) is 200 cm³/mol. The topological polar surface area (TPSA) is 0 Å². The average Bonchev–Trinajstić information content (AvgIpc) is 3.59. The second kappa shape index (κ2) is 9.39. The van der Waals surface area contributed by atoms with Crippen molar-refractivity contribution in [3.05, 3.63) is 157 Å². The lowest BCUT2D eigenvalue weighted by Crippen LogP contribution is -2.15. The van der Waals surface area contributed by atoms with Gasteiger partial charge in [0.05, 0.1) is 0 Å². The third kappa shape index (κ3) is 3.44. The van der Waals surface area contributed by atoms with Crippen LogP contribution in [0, 0.1) is 0 Å². The number of benzene rings is 8. The molecule has 1 heteroatoms. The molecule has 0 bridgehead atoms. The molecule has 1 heterocycles. The Morgan fingerprint density at radius 1 is 0.435 bits per heavy atom. The molecule has 1 aliphatic carbocycles. The largest absolute Gasteiger partial charge is 0.135 e. The van der Waals surface area contributed by atoms with Crippen molar-refractivity contribution in [2.75, 3.05) is 0 Å². The molecule has 46 heavy (non-hydrogen) atoms. The van der Waals surface area contributed by atoms with Crippen LogP contribution in [0.4, 0.5) is 0 Å². The van der Waals surface area contributed by atoms with Crippen LogP contribution in [0.2, 0.25) is 0 Å². The number of thiophene rings is 1. The molecule has 0 amide bonds. The van der Waals surface area contributed by atoms with Crippen molar-refractivity contribution in [1.82, 2.24) is 0 Å². The zero-order valence-electron chi connectivity index (χ0n) is 25.8. The molecule has 10 rings (SSSR count). The van der Waals surface area contributed by atoms with Gasteiger partial charge in [-0.05, 0) is 95.0 Å². The molecule has 1 aliphatic rings. The number of hydrogen-bond donors (Lipinski definition) is 0. The molecular formula is C45H30S. The zero-order chi connectivity index (χ0) is 30.6. The Labute approximate surface area is 272 Å². The van der Waals surface area contributed by atoms with E-state index in [0.717, 1.165) is 0 Å². The van der Waals surface area contributed by atoms with E-state index in [1.165, 1.54) is 97.0 Å². The molecule has 0 radical (unpaired) electrons. The van der Waals surface area contributed by atoms with Gasteiger partial charge in [0, 0.05) is 25.6 Å². The first-order chi connectivity index (χ1) is 22.6. The maximum Gasteiger partial charge on any atom is 0.0361 e. The highest BCUT2D eigenvalue weighted by Gasteiger charge is 2.37. The predicted octanol–water partition coefficient (Wildman–Crippen LogP) is 13.2. The van der Waals surface area contributed by atoms with Crippen molar-refractivity contribution in [3.8, 4) is 33.4 Å². The molecule has 0 fully saturated rings. The molecule has 0 saturated heterocycles. The van der Waals surface area contributed by atoms with Crippen molar-refractivity contribution in [3.63, 3.8) is 0 Å². The molecule has 0 saturated carbocycles. The Hall–Kier alpha value is -5.24. The molecular weight excluding hydrogens is 573 g/mol. The fourth-order valence-electron chi connectivity index (χ4n) is 8.47. The minimum atomic E-state index is -0.108. The van der Waals surface area contributed by atoms with Gasteiger partial charge in [-0.1, -0.05) is 141 Å². The first-order valence-electron chi connectivity index (χ1n) is 16.1. The lowest BCUT2D eigenvalue weighted by Gasteiger charge is -2.24. The molecule has 0 atom stereocenters.